The first-order valence-corrected chi connectivity index (χ1v) is 7.43. The molecule has 0 bridgehead atoms. The van der Waals surface area contributed by atoms with E-state index in [2.05, 4.69) is 10.3 Å². The van der Waals surface area contributed by atoms with E-state index in [4.69, 9.17) is 5.73 Å². The van der Waals surface area contributed by atoms with Gasteiger partial charge in [-0.2, -0.15) is 0 Å². The highest BCUT2D eigenvalue weighted by atomic mass is 32.1. The van der Waals surface area contributed by atoms with Crippen molar-refractivity contribution in [2.24, 2.45) is 5.73 Å². The largest absolute Gasteiger partial charge is 0.369 e. The van der Waals surface area contributed by atoms with Gasteiger partial charge < -0.3 is 11.1 Å². The van der Waals surface area contributed by atoms with Gasteiger partial charge in [-0.1, -0.05) is 6.92 Å². The molecule has 0 spiro atoms. The number of nitrogens with one attached hydrogen (secondary N) is 1. The Morgan fingerprint density at radius 2 is 2.05 bits per heavy atom. The minimum atomic E-state index is -0.440. The molecule has 7 heteroatoms. The van der Waals surface area contributed by atoms with Crippen molar-refractivity contribution in [3.8, 4) is 0 Å². The summed E-state index contributed by atoms with van der Waals surface area (Å²) in [5.41, 5.74) is 6.18. The fourth-order valence-corrected chi connectivity index (χ4v) is 2.69. The van der Waals surface area contributed by atoms with Gasteiger partial charge in [0, 0.05) is 10.9 Å². The number of hydrogen-bond donors (Lipinski definition) is 2. The molecule has 2 amide bonds. The lowest BCUT2D eigenvalue weighted by Gasteiger charge is -2.23. The Morgan fingerprint density at radius 3 is 2.50 bits per heavy atom. The topological polar surface area (TPSA) is 88.3 Å². The first-order chi connectivity index (χ1) is 9.33. The fraction of sp³-hybridized carbons (Fsp3) is 0.615. The summed E-state index contributed by atoms with van der Waals surface area (Å²) in [4.78, 5) is 30.1. The highest BCUT2D eigenvalue weighted by Gasteiger charge is 2.17. The van der Waals surface area contributed by atoms with Crippen LogP contribution >= 0.6 is 11.3 Å². The number of carbonyl (C=O) groups excluding carboxylic acids is 2. The second-order valence-electron chi connectivity index (χ2n) is 4.89. The summed E-state index contributed by atoms with van der Waals surface area (Å²) in [5.74, 6) is -0.624. The number of thiazole rings is 1. The third-order valence-corrected chi connectivity index (χ3v) is 3.84. The number of nitrogens with two attached hydrogens (primary N) is 1. The number of hydrogen-bond acceptors (Lipinski definition) is 5. The average molecular weight is 298 g/mol. The second-order valence-corrected chi connectivity index (χ2v) is 6.09. The number of rotatable bonds is 7. The van der Waals surface area contributed by atoms with Gasteiger partial charge in [0.2, 0.25) is 11.8 Å². The monoisotopic (exact) mass is 298 g/mol. The van der Waals surface area contributed by atoms with Crippen molar-refractivity contribution >= 4 is 28.3 Å². The molecule has 1 rings (SSSR count). The Morgan fingerprint density at radius 1 is 1.40 bits per heavy atom. The van der Waals surface area contributed by atoms with Gasteiger partial charge in [0.1, 0.15) is 0 Å². The van der Waals surface area contributed by atoms with Crippen LogP contribution in [0.25, 0.3) is 0 Å². The van der Waals surface area contributed by atoms with Gasteiger partial charge in [-0.3, -0.25) is 14.5 Å². The predicted octanol–water partition coefficient (Wildman–Crippen LogP) is 1.15. The minimum absolute atomic E-state index is 0.0671. The lowest BCUT2D eigenvalue weighted by atomic mass is 10.3. The Balaban J connectivity index is 2.62. The molecule has 1 heterocycles. The first-order valence-electron chi connectivity index (χ1n) is 6.62. The maximum Gasteiger partial charge on any atom is 0.240 e. The van der Waals surface area contributed by atoms with E-state index >= 15 is 0 Å². The molecule has 0 radical (unpaired) electrons. The summed E-state index contributed by atoms with van der Waals surface area (Å²) in [7, 11) is 0. The Bertz CT molecular complexity index is 485. The van der Waals surface area contributed by atoms with Crippen LogP contribution in [0, 0.1) is 6.92 Å². The van der Waals surface area contributed by atoms with Crippen LogP contribution in [0.3, 0.4) is 0 Å². The summed E-state index contributed by atoms with van der Waals surface area (Å²) in [6.45, 7) is 8.04. The number of aryl methyl sites for hydroxylation is 2. The SMILES string of the molecule is CCc1nc(NC(=O)CN(CC(N)=O)C(C)C)sc1C. The molecule has 3 N–H and O–H groups in total. The lowest BCUT2D eigenvalue weighted by Crippen LogP contribution is -2.43. The van der Waals surface area contributed by atoms with Crippen molar-refractivity contribution in [3.63, 3.8) is 0 Å². The number of aromatic nitrogens is 1. The maximum atomic E-state index is 12.0. The molecule has 6 nitrogen and oxygen atoms in total. The van der Waals surface area contributed by atoms with Crippen LogP contribution in [0.2, 0.25) is 0 Å². The summed E-state index contributed by atoms with van der Waals surface area (Å²) in [6.07, 6.45) is 0.845. The summed E-state index contributed by atoms with van der Waals surface area (Å²) >= 11 is 1.46. The number of nitrogens with zero attached hydrogens (tertiary/aromatic N) is 2. The van der Waals surface area contributed by atoms with Gasteiger partial charge >= 0.3 is 0 Å². The zero-order valence-corrected chi connectivity index (χ0v) is 13.2. The number of carbonyl (C=O) groups is 2. The van der Waals surface area contributed by atoms with Crippen LogP contribution in [0.1, 0.15) is 31.3 Å². The van der Waals surface area contributed by atoms with E-state index in [0.29, 0.717) is 5.13 Å². The standard InChI is InChI=1S/C13H22N4O2S/c1-5-10-9(4)20-13(15-10)16-12(19)7-17(8(2)3)6-11(14)18/h8H,5-7H2,1-4H3,(H2,14,18)(H,15,16,19). The predicted molar refractivity (Wildman–Crippen MR) is 80.8 cm³/mol. The fourth-order valence-electron chi connectivity index (χ4n) is 1.77. The molecule has 0 saturated heterocycles. The normalized spacial score (nSPS) is 11.1. The molecule has 0 aliphatic heterocycles. The third kappa shape index (κ3) is 4.90. The Labute approximate surface area is 123 Å². The van der Waals surface area contributed by atoms with Crippen molar-refractivity contribution in [1.82, 2.24) is 9.88 Å². The van der Waals surface area contributed by atoms with Crippen LogP contribution < -0.4 is 11.1 Å². The van der Waals surface area contributed by atoms with Gasteiger partial charge in [-0.15, -0.1) is 11.3 Å². The van der Waals surface area contributed by atoms with E-state index in [-0.39, 0.29) is 25.0 Å². The second kappa shape index (κ2) is 7.35. The number of amides is 2. The van der Waals surface area contributed by atoms with E-state index in [0.717, 1.165) is 17.0 Å². The molecule has 0 aromatic carbocycles. The molecular weight excluding hydrogens is 276 g/mol. The van der Waals surface area contributed by atoms with Gasteiger partial charge in [0.05, 0.1) is 18.8 Å². The molecule has 0 unspecified atom stereocenters. The molecular formula is C13H22N4O2S. The van der Waals surface area contributed by atoms with Gasteiger partial charge in [0.25, 0.3) is 0 Å². The molecule has 0 atom stereocenters. The maximum absolute atomic E-state index is 12.0. The van der Waals surface area contributed by atoms with Crippen LogP contribution in [-0.2, 0) is 16.0 Å². The smallest absolute Gasteiger partial charge is 0.240 e. The Hall–Kier alpha value is -1.47. The number of anilines is 1. The van der Waals surface area contributed by atoms with E-state index in [9.17, 15) is 9.59 Å². The number of primary amides is 1. The zero-order chi connectivity index (χ0) is 15.3. The quantitative estimate of drug-likeness (QED) is 0.790. The highest BCUT2D eigenvalue weighted by molar-refractivity contribution is 7.15. The molecule has 0 fully saturated rings. The molecule has 0 saturated carbocycles. The average Bonchev–Trinajstić information content (AvgIpc) is 2.67. The minimum Gasteiger partial charge on any atom is -0.369 e. The molecule has 20 heavy (non-hydrogen) atoms. The van der Waals surface area contributed by atoms with Gasteiger partial charge in [-0.05, 0) is 27.2 Å². The lowest BCUT2D eigenvalue weighted by molar-refractivity contribution is -0.121. The van der Waals surface area contributed by atoms with E-state index in [1.54, 1.807) is 4.90 Å². The van der Waals surface area contributed by atoms with Crippen molar-refractivity contribution in [2.75, 3.05) is 18.4 Å². The van der Waals surface area contributed by atoms with Crippen molar-refractivity contribution in [2.45, 2.75) is 40.2 Å². The summed E-state index contributed by atoms with van der Waals surface area (Å²) in [6, 6.07) is 0.0671. The molecule has 0 aliphatic carbocycles. The molecule has 0 aliphatic rings. The molecule has 1 aromatic rings. The van der Waals surface area contributed by atoms with Crippen LogP contribution in [-0.4, -0.2) is 40.8 Å². The van der Waals surface area contributed by atoms with Gasteiger partial charge in [0.15, 0.2) is 5.13 Å². The highest BCUT2D eigenvalue weighted by Crippen LogP contribution is 2.22. The van der Waals surface area contributed by atoms with Gasteiger partial charge in [-0.25, -0.2) is 4.98 Å². The van der Waals surface area contributed by atoms with E-state index in [1.807, 2.05) is 27.7 Å². The van der Waals surface area contributed by atoms with E-state index < -0.39 is 5.91 Å². The summed E-state index contributed by atoms with van der Waals surface area (Å²) in [5, 5.41) is 3.37. The van der Waals surface area contributed by atoms with Crippen molar-refractivity contribution < 1.29 is 9.59 Å². The third-order valence-electron chi connectivity index (χ3n) is 2.91. The molecule has 1 aromatic heterocycles. The zero-order valence-electron chi connectivity index (χ0n) is 12.4. The molecule has 112 valence electrons. The first kappa shape index (κ1) is 16.6. The van der Waals surface area contributed by atoms with E-state index in [1.165, 1.54) is 11.3 Å². The Kier molecular flexibility index (Phi) is 6.09. The van der Waals surface area contributed by atoms with Crippen LogP contribution in [0.4, 0.5) is 5.13 Å². The summed E-state index contributed by atoms with van der Waals surface area (Å²) < 4.78 is 0. The van der Waals surface area contributed by atoms with Crippen LogP contribution in [0.5, 0.6) is 0 Å². The van der Waals surface area contributed by atoms with Crippen LogP contribution in [0.15, 0.2) is 0 Å². The van der Waals surface area contributed by atoms with Crippen molar-refractivity contribution in [1.29, 1.82) is 0 Å². The van der Waals surface area contributed by atoms with Crippen molar-refractivity contribution in [3.05, 3.63) is 10.6 Å².